The average Bonchev–Trinajstić information content (AvgIpc) is 2.16. The van der Waals surface area contributed by atoms with Gasteiger partial charge >= 0.3 is 11.7 Å². The highest BCUT2D eigenvalue weighted by Gasteiger charge is 2.16. The maximum Gasteiger partial charge on any atom is 0.505 e. The molecule has 0 aliphatic carbocycles. The van der Waals surface area contributed by atoms with Gasteiger partial charge in [0.05, 0.1) is 0 Å². The van der Waals surface area contributed by atoms with Crippen molar-refractivity contribution in [2.24, 2.45) is 0 Å². The van der Waals surface area contributed by atoms with Crippen molar-refractivity contribution in [3.63, 3.8) is 0 Å². The molecule has 0 aromatic heterocycles. The third-order valence-corrected chi connectivity index (χ3v) is 2.70. The first-order valence-electron chi connectivity index (χ1n) is 4.18. The lowest BCUT2D eigenvalue weighted by molar-refractivity contribution is 0.603. The van der Waals surface area contributed by atoms with E-state index in [2.05, 4.69) is 13.8 Å². The molecule has 0 saturated heterocycles. The fourth-order valence-electron chi connectivity index (χ4n) is 1.18. The lowest BCUT2D eigenvalue weighted by Gasteiger charge is -2.05. The van der Waals surface area contributed by atoms with E-state index in [0.717, 1.165) is 11.3 Å². The molecule has 1 atom stereocenters. The summed E-state index contributed by atoms with van der Waals surface area (Å²) in [6, 6.07) is 7.82. The summed E-state index contributed by atoms with van der Waals surface area (Å²) >= 11 is 0.589. The Hall–Kier alpha value is -0.760. The standard InChI is InChI=1S/C10H13OS/c1-3-8(2)9-6-4-5-7-10(9)12-11/h4-8H,3H2,1-2H3/q+1. The van der Waals surface area contributed by atoms with Crippen LogP contribution in [0.1, 0.15) is 31.7 Å². The highest BCUT2D eigenvalue weighted by atomic mass is 32.1. The van der Waals surface area contributed by atoms with E-state index in [4.69, 9.17) is 0 Å². The van der Waals surface area contributed by atoms with Crippen molar-refractivity contribution in [3.05, 3.63) is 29.8 Å². The molecule has 1 unspecified atom stereocenters. The van der Waals surface area contributed by atoms with Crippen molar-refractivity contribution in [3.8, 4) is 0 Å². The lowest BCUT2D eigenvalue weighted by atomic mass is 9.99. The second-order valence-corrected chi connectivity index (χ2v) is 3.54. The van der Waals surface area contributed by atoms with Crippen molar-refractivity contribution in [1.82, 2.24) is 0 Å². The molecule has 0 bridgehead atoms. The van der Waals surface area contributed by atoms with Crippen molar-refractivity contribution in [2.45, 2.75) is 31.1 Å². The van der Waals surface area contributed by atoms with E-state index in [-0.39, 0.29) is 0 Å². The van der Waals surface area contributed by atoms with Gasteiger partial charge < -0.3 is 0 Å². The molecule has 0 heterocycles. The third-order valence-electron chi connectivity index (χ3n) is 2.15. The van der Waals surface area contributed by atoms with Gasteiger partial charge in [-0.25, -0.2) is 0 Å². The molecule has 0 aliphatic heterocycles. The summed E-state index contributed by atoms with van der Waals surface area (Å²) in [5.41, 5.74) is 1.18. The van der Waals surface area contributed by atoms with Crippen LogP contribution in [0, 0.1) is 0 Å². The molecular formula is C10H13OS+. The monoisotopic (exact) mass is 181 g/mol. The molecule has 0 amide bonds. The number of hydrogen-bond acceptors (Lipinski definition) is 1. The number of benzene rings is 1. The molecular weight excluding hydrogens is 168 g/mol. The molecule has 1 rings (SSSR count). The van der Waals surface area contributed by atoms with E-state index < -0.39 is 0 Å². The molecule has 0 spiro atoms. The summed E-state index contributed by atoms with van der Waals surface area (Å²) in [7, 11) is 0. The van der Waals surface area contributed by atoms with Gasteiger partial charge in [0.2, 0.25) is 0 Å². The van der Waals surface area contributed by atoms with Crippen LogP contribution in [0.15, 0.2) is 29.2 Å². The normalized spacial score (nSPS) is 12.5. The Morgan fingerprint density at radius 1 is 1.42 bits per heavy atom. The second kappa shape index (κ2) is 4.31. The van der Waals surface area contributed by atoms with Crippen LogP contribution in [0.25, 0.3) is 0 Å². The van der Waals surface area contributed by atoms with Gasteiger partial charge in [-0.15, -0.1) is 0 Å². The first-order valence-corrected chi connectivity index (χ1v) is 4.92. The highest BCUT2D eigenvalue weighted by molar-refractivity contribution is 7.65. The highest BCUT2D eigenvalue weighted by Crippen LogP contribution is 2.22. The van der Waals surface area contributed by atoms with E-state index in [1.54, 1.807) is 0 Å². The topological polar surface area (TPSA) is 17.1 Å². The molecule has 64 valence electrons. The molecule has 12 heavy (non-hydrogen) atoms. The predicted octanol–water partition coefficient (Wildman–Crippen LogP) is 2.99. The van der Waals surface area contributed by atoms with Crippen molar-refractivity contribution in [1.29, 1.82) is 0 Å². The van der Waals surface area contributed by atoms with Gasteiger partial charge in [-0.2, -0.15) is 0 Å². The molecule has 0 radical (unpaired) electrons. The van der Waals surface area contributed by atoms with Gasteiger partial charge in [0, 0.05) is 15.8 Å². The minimum absolute atomic E-state index is 0.489. The number of hydrogen-bond donors (Lipinski definition) is 0. The van der Waals surface area contributed by atoms with E-state index in [9.17, 15) is 4.21 Å². The maximum absolute atomic E-state index is 10.7. The van der Waals surface area contributed by atoms with Crippen molar-refractivity contribution >= 4 is 11.7 Å². The summed E-state index contributed by atoms with van der Waals surface area (Å²) in [5, 5.41) is 0. The summed E-state index contributed by atoms with van der Waals surface area (Å²) in [6.07, 6.45) is 1.08. The van der Waals surface area contributed by atoms with Gasteiger partial charge in [-0.3, -0.25) is 0 Å². The molecule has 1 aromatic carbocycles. The van der Waals surface area contributed by atoms with E-state index in [0.29, 0.717) is 17.6 Å². The molecule has 1 nitrogen and oxygen atoms in total. The first kappa shape index (κ1) is 9.33. The Morgan fingerprint density at radius 2 is 2.08 bits per heavy atom. The zero-order valence-electron chi connectivity index (χ0n) is 7.41. The number of rotatable bonds is 3. The van der Waals surface area contributed by atoms with Gasteiger partial charge in [0.25, 0.3) is 4.90 Å². The largest absolute Gasteiger partial charge is 0.505 e. The molecule has 0 N–H and O–H groups in total. The average molecular weight is 181 g/mol. The van der Waals surface area contributed by atoms with Crippen molar-refractivity contribution in [2.75, 3.05) is 0 Å². The first-order chi connectivity index (χ1) is 5.79. The van der Waals surface area contributed by atoms with Crippen LogP contribution in [-0.4, -0.2) is 0 Å². The van der Waals surface area contributed by atoms with Crippen LogP contribution in [0.4, 0.5) is 0 Å². The summed E-state index contributed by atoms with van der Waals surface area (Å²) in [5.74, 6) is 0.489. The van der Waals surface area contributed by atoms with Crippen molar-refractivity contribution < 1.29 is 4.21 Å². The Balaban J connectivity index is 3.04. The quantitative estimate of drug-likeness (QED) is 0.655. The summed E-state index contributed by atoms with van der Waals surface area (Å²) in [4.78, 5) is 0.867. The Morgan fingerprint density at radius 3 is 2.67 bits per heavy atom. The molecule has 2 heteroatoms. The lowest BCUT2D eigenvalue weighted by Crippen LogP contribution is -1.94. The van der Waals surface area contributed by atoms with Crippen LogP contribution in [0.5, 0.6) is 0 Å². The molecule has 1 aromatic rings. The summed E-state index contributed by atoms with van der Waals surface area (Å²) < 4.78 is 10.7. The van der Waals surface area contributed by atoms with Crippen LogP contribution in [0.3, 0.4) is 0 Å². The van der Waals surface area contributed by atoms with Crippen LogP contribution >= 0.6 is 0 Å². The molecule has 0 saturated carbocycles. The van der Waals surface area contributed by atoms with Crippen LogP contribution in [0.2, 0.25) is 0 Å². The zero-order chi connectivity index (χ0) is 8.97. The maximum atomic E-state index is 10.7. The minimum atomic E-state index is 0.489. The Kier molecular flexibility index (Phi) is 3.35. The minimum Gasteiger partial charge on any atom is -0.0648 e. The Labute approximate surface area is 77.3 Å². The second-order valence-electron chi connectivity index (χ2n) is 2.93. The molecule has 0 fully saturated rings. The van der Waals surface area contributed by atoms with Gasteiger partial charge in [0.1, 0.15) is 0 Å². The van der Waals surface area contributed by atoms with E-state index in [1.165, 1.54) is 5.56 Å². The zero-order valence-corrected chi connectivity index (χ0v) is 8.23. The van der Waals surface area contributed by atoms with Gasteiger partial charge in [-0.1, -0.05) is 32.0 Å². The fourth-order valence-corrected chi connectivity index (χ4v) is 1.68. The van der Waals surface area contributed by atoms with Gasteiger partial charge in [-0.05, 0) is 12.3 Å². The Bertz CT molecular complexity index is 270. The SMILES string of the molecule is CCC(C)c1ccccc1[S+]=O. The van der Waals surface area contributed by atoms with E-state index >= 15 is 0 Å². The predicted molar refractivity (Wildman–Crippen MR) is 51.5 cm³/mol. The fraction of sp³-hybridized carbons (Fsp3) is 0.400. The summed E-state index contributed by atoms with van der Waals surface area (Å²) in [6.45, 7) is 4.28. The smallest absolute Gasteiger partial charge is 0.0648 e. The van der Waals surface area contributed by atoms with E-state index in [1.807, 2.05) is 24.3 Å². The van der Waals surface area contributed by atoms with Crippen LogP contribution < -0.4 is 0 Å². The van der Waals surface area contributed by atoms with Gasteiger partial charge in [0.15, 0.2) is 0 Å². The van der Waals surface area contributed by atoms with Crippen LogP contribution in [-0.2, 0) is 15.9 Å². The third kappa shape index (κ3) is 1.89. The molecule has 0 aliphatic rings.